The molecule has 1 aliphatic rings. The summed E-state index contributed by atoms with van der Waals surface area (Å²) in [5.41, 5.74) is 0.975. The highest BCUT2D eigenvalue weighted by Gasteiger charge is 2.23. The molecule has 0 atom stereocenters. The molecule has 1 fully saturated rings. The molecule has 4 nitrogen and oxygen atoms in total. The van der Waals surface area contributed by atoms with Gasteiger partial charge in [-0.25, -0.2) is 9.97 Å². The first kappa shape index (κ1) is 12.5. The van der Waals surface area contributed by atoms with E-state index in [1.807, 2.05) is 19.3 Å². The maximum Gasteiger partial charge on any atom is 0.147 e. The van der Waals surface area contributed by atoms with Crippen molar-refractivity contribution in [2.24, 2.45) is 0 Å². The SMILES string of the molecule is CNC(C)(C)c1nccc(C2CCOCC2)n1. The molecule has 94 valence electrons. The van der Waals surface area contributed by atoms with E-state index >= 15 is 0 Å². The molecule has 2 heterocycles. The van der Waals surface area contributed by atoms with Crippen LogP contribution in [0.2, 0.25) is 0 Å². The summed E-state index contributed by atoms with van der Waals surface area (Å²) in [7, 11) is 1.94. The van der Waals surface area contributed by atoms with Crippen molar-refractivity contribution in [2.75, 3.05) is 20.3 Å². The second-order valence-electron chi connectivity index (χ2n) is 5.07. The summed E-state index contributed by atoms with van der Waals surface area (Å²) < 4.78 is 5.38. The van der Waals surface area contributed by atoms with E-state index in [0.29, 0.717) is 5.92 Å². The zero-order valence-electron chi connectivity index (χ0n) is 10.9. The average molecular weight is 235 g/mol. The smallest absolute Gasteiger partial charge is 0.147 e. The topological polar surface area (TPSA) is 47.0 Å². The fraction of sp³-hybridized carbons (Fsp3) is 0.692. The monoisotopic (exact) mass is 235 g/mol. The number of nitrogens with zero attached hydrogens (tertiary/aromatic N) is 2. The Bertz CT molecular complexity index is 373. The summed E-state index contributed by atoms with van der Waals surface area (Å²) in [6.07, 6.45) is 4.00. The molecular formula is C13H21N3O. The first-order valence-corrected chi connectivity index (χ1v) is 6.23. The van der Waals surface area contributed by atoms with Crippen LogP contribution in [-0.4, -0.2) is 30.2 Å². The van der Waals surface area contributed by atoms with Gasteiger partial charge in [-0.3, -0.25) is 0 Å². The van der Waals surface area contributed by atoms with Gasteiger partial charge < -0.3 is 10.1 Å². The van der Waals surface area contributed by atoms with E-state index < -0.39 is 0 Å². The van der Waals surface area contributed by atoms with Crippen LogP contribution in [0.1, 0.15) is 44.1 Å². The number of hydrogen-bond acceptors (Lipinski definition) is 4. The zero-order chi connectivity index (χ0) is 12.3. The van der Waals surface area contributed by atoms with Crippen molar-refractivity contribution in [3.05, 3.63) is 23.8 Å². The van der Waals surface area contributed by atoms with Gasteiger partial charge in [0.2, 0.25) is 0 Å². The molecule has 1 N–H and O–H groups in total. The van der Waals surface area contributed by atoms with E-state index in [1.165, 1.54) is 0 Å². The largest absolute Gasteiger partial charge is 0.381 e. The van der Waals surface area contributed by atoms with Crippen molar-refractivity contribution < 1.29 is 4.74 Å². The van der Waals surface area contributed by atoms with Gasteiger partial charge in [-0.2, -0.15) is 0 Å². The lowest BCUT2D eigenvalue weighted by Gasteiger charge is -2.25. The summed E-state index contributed by atoms with van der Waals surface area (Å²) in [4.78, 5) is 9.08. The lowest BCUT2D eigenvalue weighted by atomic mass is 9.95. The van der Waals surface area contributed by atoms with Crippen LogP contribution in [0.15, 0.2) is 12.3 Å². The maximum absolute atomic E-state index is 5.38. The summed E-state index contributed by atoms with van der Waals surface area (Å²) in [6.45, 7) is 5.88. The molecule has 1 aromatic rings. The second-order valence-corrected chi connectivity index (χ2v) is 5.07. The standard InChI is InChI=1S/C13H21N3O/c1-13(2,14-3)12-15-7-4-11(16-12)10-5-8-17-9-6-10/h4,7,10,14H,5-6,8-9H2,1-3H3. The van der Waals surface area contributed by atoms with E-state index in [2.05, 4.69) is 24.1 Å². The number of nitrogens with one attached hydrogen (secondary N) is 1. The Morgan fingerprint density at radius 2 is 2.06 bits per heavy atom. The van der Waals surface area contributed by atoms with Crippen molar-refractivity contribution in [3.63, 3.8) is 0 Å². The first-order chi connectivity index (χ1) is 8.13. The van der Waals surface area contributed by atoms with Gasteiger partial charge in [-0.1, -0.05) is 0 Å². The third-order valence-corrected chi connectivity index (χ3v) is 3.50. The summed E-state index contributed by atoms with van der Waals surface area (Å²) in [5, 5.41) is 3.24. The van der Waals surface area contributed by atoms with Crippen molar-refractivity contribution in [3.8, 4) is 0 Å². The quantitative estimate of drug-likeness (QED) is 0.868. The zero-order valence-corrected chi connectivity index (χ0v) is 10.9. The number of ether oxygens (including phenoxy) is 1. The van der Waals surface area contributed by atoms with E-state index in [-0.39, 0.29) is 5.54 Å². The van der Waals surface area contributed by atoms with Gasteiger partial charge in [-0.05, 0) is 39.8 Å². The van der Waals surface area contributed by atoms with Crippen molar-refractivity contribution in [1.29, 1.82) is 0 Å². The molecule has 17 heavy (non-hydrogen) atoms. The molecular weight excluding hydrogens is 214 g/mol. The van der Waals surface area contributed by atoms with Gasteiger partial charge in [0.05, 0.1) is 5.54 Å². The van der Waals surface area contributed by atoms with Crippen LogP contribution in [0.5, 0.6) is 0 Å². The molecule has 0 bridgehead atoms. The Balaban J connectivity index is 2.21. The highest BCUT2D eigenvalue weighted by atomic mass is 16.5. The van der Waals surface area contributed by atoms with Crippen LogP contribution in [-0.2, 0) is 10.3 Å². The van der Waals surface area contributed by atoms with E-state index in [4.69, 9.17) is 9.72 Å². The normalized spacial score (nSPS) is 18.3. The minimum absolute atomic E-state index is 0.179. The highest BCUT2D eigenvalue weighted by Crippen LogP contribution is 2.26. The van der Waals surface area contributed by atoms with Crippen molar-refractivity contribution >= 4 is 0 Å². The third kappa shape index (κ3) is 2.82. The van der Waals surface area contributed by atoms with Crippen LogP contribution < -0.4 is 5.32 Å². The molecule has 0 radical (unpaired) electrons. The Morgan fingerprint density at radius 1 is 1.35 bits per heavy atom. The number of rotatable bonds is 3. The van der Waals surface area contributed by atoms with Crippen LogP contribution >= 0.6 is 0 Å². The molecule has 1 aromatic heterocycles. The van der Waals surface area contributed by atoms with Gasteiger partial charge in [-0.15, -0.1) is 0 Å². The molecule has 0 aliphatic carbocycles. The Morgan fingerprint density at radius 3 is 2.71 bits per heavy atom. The number of aromatic nitrogens is 2. The average Bonchev–Trinajstić information content (AvgIpc) is 2.40. The molecule has 1 saturated heterocycles. The van der Waals surface area contributed by atoms with E-state index in [9.17, 15) is 0 Å². The number of hydrogen-bond donors (Lipinski definition) is 1. The van der Waals surface area contributed by atoms with Gasteiger partial charge >= 0.3 is 0 Å². The van der Waals surface area contributed by atoms with Crippen LogP contribution in [0.3, 0.4) is 0 Å². The van der Waals surface area contributed by atoms with Crippen molar-refractivity contribution in [1.82, 2.24) is 15.3 Å². The summed E-state index contributed by atoms with van der Waals surface area (Å²) in [5.74, 6) is 1.39. The third-order valence-electron chi connectivity index (χ3n) is 3.50. The highest BCUT2D eigenvalue weighted by molar-refractivity contribution is 5.13. The molecule has 0 unspecified atom stereocenters. The van der Waals surface area contributed by atoms with Crippen LogP contribution in [0, 0.1) is 0 Å². The predicted molar refractivity (Wildman–Crippen MR) is 66.9 cm³/mol. The maximum atomic E-state index is 5.38. The van der Waals surface area contributed by atoms with Gasteiger partial charge in [0.1, 0.15) is 5.82 Å². The Kier molecular flexibility index (Phi) is 3.74. The molecule has 0 aromatic carbocycles. The van der Waals surface area contributed by atoms with E-state index in [0.717, 1.165) is 37.6 Å². The van der Waals surface area contributed by atoms with Gasteiger partial charge in [0.15, 0.2) is 0 Å². The van der Waals surface area contributed by atoms with Gasteiger partial charge in [0.25, 0.3) is 0 Å². The molecule has 1 aliphatic heterocycles. The second kappa shape index (κ2) is 5.10. The first-order valence-electron chi connectivity index (χ1n) is 6.23. The summed E-state index contributed by atoms with van der Waals surface area (Å²) in [6, 6.07) is 2.03. The van der Waals surface area contributed by atoms with E-state index in [1.54, 1.807) is 0 Å². The molecule has 0 spiro atoms. The molecule has 2 rings (SSSR count). The lowest BCUT2D eigenvalue weighted by molar-refractivity contribution is 0.0843. The lowest BCUT2D eigenvalue weighted by Crippen LogP contribution is -2.35. The fourth-order valence-electron chi connectivity index (χ4n) is 2.01. The van der Waals surface area contributed by atoms with Crippen molar-refractivity contribution in [2.45, 2.75) is 38.1 Å². The Hall–Kier alpha value is -1.00. The predicted octanol–water partition coefficient (Wildman–Crippen LogP) is 1.83. The minimum atomic E-state index is -0.179. The molecule has 0 saturated carbocycles. The minimum Gasteiger partial charge on any atom is -0.381 e. The molecule has 4 heteroatoms. The van der Waals surface area contributed by atoms with Crippen LogP contribution in [0.25, 0.3) is 0 Å². The Labute approximate surface area is 103 Å². The van der Waals surface area contributed by atoms with Crippen LogP contribution in [0.4, 0.5) is 0 Å². The molecule has 0 amide bonds. The van der Waals surface area contributed by atoms with Gasteiger partial charge in [0, 0.05) is 31.0 Å². The summed E-state index contributed by atoms with van der Waals surface area (Å²) >= 11 is 0. The fourth-order valence-corrected chi connectivity index (χ4v) is 2.01.